The highest BCUT2D eigenvalue weighted by atomic mass is 127. The minimum atomic E-state index is -0.216. The van der Waals surface area contributed by atoms with Gasteiger partial charge in [-0.3, -0.25) is 4.99 Å². The van der Waals surface area contributed by atoms with Gasteiger partial charge >= 0.3 is 0 Å². The summed E-state index contributed by atoms with van der Waals surface area (Å²) in [7, 11) is 1.80. The van der Waals surface area contributed by atoms with Crippen molar-refractivity contribution in [2.75, 3.05) is 38.1 Å². The lowest BCUT2D eigenvalue weighted by atomic mass is 10.1. The van der Waals surface area contributed by atoms with E-state index in [4.69, 9.17) is 0 Å². The Balaban J connectivity index is 0.00000256. The van der Waals surface area contributed by atoms with Crippen molar-refractivity contribution in [3.8, 4) is 0 Å². The van der Waals surface area contributed by atoms with Crippen LogP contribution in [0.2, 0.25) is 0 Å². The van der Waals surface area contributed by atoms with E-state index in [-0.39, 0.29) is 29.8 Å². The van der Waals surface area contributed by atoms with Crippen molar-refractivity contribution in [1.82, 2.24) is 15.6 Å². The minimum absolute atomic E-state index is 0. The van der Waals surface area contributed by atoms with Gasteiger partial charge in [0.1, 0.15) is 5.82 Å². The maximum Gasteiger partial charge on any atom is 0.190 e. The number of aromatic amines is 1. The van der Waals surface area contributed by atoms with Crippen LogP contribution in [-0.4, -0.2) is 44.2 Å². The molecule has 1 aliphatic heterocycles. The van der Waals surface area contributed by atoms with E-state index < -0.39 is 0 Å². The van der Waals surface area contributed by atoms with Crippen molar-refractivity contribution in [3.05, 3.63) is 66.1 Å². The highest BCUT2D eigenvalue weighted by Gasteiger charge is 2.22. The molecule has 1 saturated heterocycles. The molecule has 0 spiro atoms. The topological polar surface area (TPSA) is 55.5 Å². The molecule has 4 rings (SSSR count). The van der Waals surface area contributed by atoms with Gasteiger partial charge < -0.3 is 20.5 Å². The number of guanidine groups is 1. The maximum atomic E-state index is 13.3. The number of H-pyrrole nitrogens is 1. The zero-order valence-corrected chi connectivity index (χ0v) is 19.5. The molecule has 3 aromatic rings. The molecular formula is C23H29FIN5. The average molecular weight is 521 g/mol. The Morgan fingerprint density at radius 1 is 1.20 bits per heavy atom. The molecule has 2 heterocycles. The predicted molar refractivity (Wildman–Crippen MR) is 134 cm³/mol. The van der Waals surface area contributed by atoms with Crippen LogP contribution < -0.4 is 15.5 Å². The molecule has 1 fully saturated rings. The Bertz CT molecular complexity index is 972. The Morgan fingerprint density at radius 2 is 2.03 bits per heavy atom. The van der Waals surface area contributed by atoms with Crippen LogP contribution in [0.3, 0.4) is 0 Å². The maximum absolute atomic E-state index is 13.3. The number of nitrogens with zero attached hydrogens (tertiary/aromatic N) is 2. The number of aromatic nitrogens is 1. The van der Waals surface area contributed by atoms with Crippen LogP contribution in [0.25, 0.3) is 10.9 Å². The van der Waals surface area contributed by atoms with Gasteiger partial charge in [-0.15, -0.1) is 24.0 Å². The van der Waals surface area contributed by atoms with Gasteiger partial charge in [0, 0.05) is 56.0 Å². The number of hydrogen-bond donors (Lipinski definition) is 3. The molecular weight excluding hydrogens is 492 g/mol. The highest BCUT2D eigenvalue weighted by molar-refractivity contribution is 14.0. The Labute approximate surface area is 194 Å². The predicted octanol–water partition coefficient (Wildman–Crippen LogP) is 4.16. The number of para-hydroxylation sites is 1. The van der Waals surface area contributed by atoms with Crippen molar-refractivity contribution in [3.63, 3.8) is 0 Å². The van der Waals surface area contributed by atoms with Gasteiger partial charge in [-0.2, -0.15) is 0 Å². The summed E-state index contributed by atoms with van der Waals surface area (Å²) in [5, 5.41) is 7.92. The number of halogens is 2. The summed E-state index contributed by atoms with van der Waals surface area (Å²) in [5.74, 6) is 1.22. The lowest BCUT2D eigenvalue weighted by molar-refractivity contribution is 0.566. The fourth-order valence-electron chi connectivity index (χ4n) is 4.02. The van der Waals surface area contributed by atoms with E-state index in [0.29, 0.717) is 5.92 Å². The summed E-state index contributed by atoms with van der Waals surface area (Å²) in [6.07, 6.45) is 3.99. The minimum Gasteiger partial charge on any atom is -0.371 e. The van der Waals surface area contributed by atoms with E-state index in [1.165, 1.54) is 29.8 Å². The number of nitrogens with one attached hydrogen (secondary N) is 3. The first-order valence-corrected chi connectivity index (χ1v) is 10.2. The van der Waals surface area contributed by atoms with Crippen LogP contribution in [0.15, 0.2) is 59.7 Å². The molecule has 7 heteroatoms. The lowest BCUT2D eigenvalue weighted by Gasteiger charge is -2.19. The highest BCUT2D eigenvalue weighted by Crippen LogP contribution is 2.23. The first-order chi connectivity index (χ1) is 14.2. The molecule has 1 unspecified atom stereocenters. The summed E-state index contributed by atoms with van der Waals surface area (Å²) < 4.78 is 13.3. The van der Waals surface area contributed by atoms with Crippen LogP contribution in [-0.2, 0) is 6.42 Å². The molecule has 0 saturated carbocycles. The van der Waals surface area contributed by atoms with Crippen molar-refractivity contribution < 1.29 is 4.39 Å². The Hall–Kier alpha value is -2.29. The second-order valence-electron chi connectivity index (χ2n) is 7.57. The van der Waals surface area contributed by atoms with E-state index in [0.717, 1.165) is 49.5 Å². The smallest absolute Gasteiger partial charge is 0.190 e. The molecule has 0 radical (unpaired) electrons. The van der Waals surface area contributed by atoms with Gasteiger partial charge in [-0.05, 0) is 54.7 Å². The molecule has 3 N–H and O–H groups in total. The summed E-state index contributed by atoms with van der Waals surface area (Å²) in [6.45, 7) is 3.85. The van der Waals surface area contributed by atoms with Gasteiger partial charge in [-0.1, -0.05) is 18.2 Å². The second kappa shape index (κ2) is 10.7. The summed E-state index contributed by atoms with van der Waals surface area (Å²) in [6, 6.07) is 15.5. The van der Waals surface area contributed by atoms with Gasteiger partial charge in [0.25, 0.3) is 0 Å². The molecule has 2 aromatic carbocycles. The van der Waals surface area contributed by atoms with E-state index in [1.807, 2.05) is 12.3 Å². The number of rotatable bonds is 6. The third kappa shape index (κ3) is 5.44. The number of aliphatic imine (C=N–C) groups is 1. The van der Waals surface area contributed by atoms with Crippen LogP contribution in [0.4, 0.5) is 10.1 Å². The molecule has 1 atom stereocenters. The third-order valence-electron chi connectivity index (χ3n) is 5.61. The summed E-state index contributed by atoms with van der Waals surface area (Å²) in [4.78, 5) is 9.93. The van der Waals surface area contributed by atoms with E-state index in [2.05, 4.69) is 55.8 Å². The van der Waals surface area contributed by atoms with Crippen molar-refractivity contribution in [2.45, 2.75) is 12.8 Å². The van der Waals surface area contributed by atoms with Gasteiger partial charge in [-0.25, -0.2) is 4.39 Å². The molecule has 1 aliphatic rings. The number of hydrogen-bond acceptors (Lipinski definition) is 2. The van der Waals surface area contributed by atoms with Gasteiger partial charge in [0.2, 0.25) is 0 Å². The number of anilines is 1. The second-order valence-corrected chi connectivity index (χ2v) is 7.57. The lowest BCUT2D eigenvalue weighted by Crippen LogP contribution is -2.41. The van der Waals surface area contributed by atoms with E-state index >= 15 is 0 Å². The average Bonchev–Trinajstić information content (AvgIpc) is 3.38. The van der Waals surface area contributed by atoms with E-state index in [1.54, 1.807) is 7.05 Å². The van der Waals surface area contributed by atoms with Gasteiger partial charge in [0.15, 0.2) is 5.96 Å². The zero-order chi connectivity index (χ0) is 20.1. The standard InChI is InChI=1S/C23H28FN5.HI/c1-25-23(26-11-9-18-15-27-22-13-19(24)7-8-21(18)22)28-14-17-10-12-29(16-17)20-5-3-2-4-6-20;/h2-8,13,15,17,27H,9-12,14,16H2,1H3,(H2,25,26,28);1H. The van der Waals surface area contributed by atoms with Crippen LogP contribution in [0.1, 0.15) is 12.0 Å². The van der Waals surface area contributed by atoms with Crippen LogP contribution >= 0.6 is 24.0 Å². The molecule has 0 aliphatic carbocycles. The quantitative estimate of drug-likeness (QED) is 0.260. The molecule has 1 aromatic heterocycles. The Morgan fingerprint density at radius 3 is 2.83 bits per heavy atom. The number of fused-ring (bicyclic) bond motifs is 1. The molecule has 30 heavy (non-hydrogen) atoms. The van der Waals surface area contributed by atoms with Gasteiger partial charge in [0.05, 0.1) is 0 Å². The first-order valence-electron chi connectivity index (χ1n) is 10.2. The van der Waals surface area contributed by atoms with Crippen molar-refractivity contribution >= 4 is 46.5 Å². The molecule has 160 valence electrons. The molecule has 0 amide bonds. The Kier molecular flexibility index (Phi) is 7.95. The van der Waals surface area contributed by atoms with Crippen molar-refractivity contribution in [1.29, 1.82) is 0 Å². The zero-order valence-electron chi connectivity index (χ0n) is 17.2. The van der Waals surface area contributed by atoms with Crippen molar-refractivity contribution in [2.24, 2.45) is 10.9 Å². The third-order valence-corrected chi connectivity index (χ3v) is 5.61. The summed E-state index contributed by atoms with van der Waals surface area (Å²) >= 11 is 0. The summed E-state index contributed by atoms with van der Waals surface area (Å²) in [5.41, 5.74) is 3.32. The fourth-order valence-corrected chi connectivity index (χ4v) is 4.02. The van der Waals surface area contributed by atoms with E-state index in [9.17, 15) is 4.39 Å². The first kappa shape index (κ1) is 22.4. The molecule has 5 nitrogen and oxygen atoms in total. The fraction of sp³-hybridized carbons (Fsp3) is 0.348. The molecule has 0 bridgehead atoms. The SMILES string of the molecule is CN=C(NCCc1c[nH]c2cc(F)ccc12)NCC1CCN(c2ccccc2)C1.I. The van der Waals surface area contributed by atoms with Crippen LogP contribution in [0, 0.1) is 11.7 Å². The largest absolute Gasteiger partial charge is 0.371 e. The monoisotopic (exact) mass is 521 g/mol. The number of benzene rings is 2. The normalized spacial score (nSPS) is 16.5. The van der Waals surface area contributed by atoms with Crippen LogP contribution in [0.5, 0.6) is 0 Å².